The standard InChI is InChI=1S/C27H23BrO2P.BrH/c1-30-27(29)26-18-17-22(28)19-21(26)20-31(23-11-5-2-6-12-23,24-13-7-3-8-14-24)25-15-9-4-10-16-25;/h2-19H,20H2,1H3;1H/q+1;/p-1. The van der Waals surface area contributed by atoms with Crippen LogP contribution in [0.3, 0.4) is 0 Å². The van der Waals surface area contributed by atoms with Crippen molar-refractivity contribution in [1.82, 2.24) is 0 Å². The molecule has 4 rings (SSSR count). The van der Waals surface area contributed by atoms with Crippen LogP contribution in [0.1, 0.15) is 15.9 Å². The zero-order valence-corrected chi connectivity index (χ0v) is 21.7. The highest BCUT2D eigenvalue weighted by molar-refractivity contribution is 9.10. The molecule has 162 valence electrons. The largest absolute Gasteiger partial charge is 1.00 e. The Morgan fingerprint density at radius 2 is 1.19 bits per heavy atom. The second kappa shape index (κ2) is 11.0. The van der Waals surface area contributed by atoms with Crippen molar-refractivity contribution in [2.45, 2.75) is 6.16 Å². The fourth-order valence-corrected chi connectivity index (χ4v) is 8.69. The zero-order valence-electron chi connectivity index (χ0n) is 17.6. The van der Waals surface area contributed by atoms with Crippen molar-refractivity contribution in [1.29, 1.82) is 0 Å². The molecule has 0 aromatic heterocycles. The summed E-state index contributed by atoms with van der Waals surface area (Å²) in [4.78, 5) is 12.6. The molecule has 0 bridgehead atoms. The summed E-state index contributed by atoms with van der Waals surface area (Å²) < 4.78 is 6.05. The van der Waals surface area contributed by atoms with E-state index < -0.39 is 7.26 Å². The summed E-state index contributed by atoms with van der Waals surface area (Å²) in [5.74, 6) is -0.310. The Balaban J connectivity index is 0.00000289. The van der Waals surface area contributed by atoms with E-state index >= 15 is 0 Å². The average molecular weight is 570 g/mol. The third-order valence-corrected chi connectivity index (χ3v) is 10.3. The van der Waals surface area contributed by atoms with E-state index in [0.717, 1.165) is 16.2 Å². The number of esters is 1. The van der Waals surface area contributed by atoms with Gasteiger partial charge in [-0.3, -0.25) is 0 Å². The third kappa shape index (κ3) is 4.88. The van der Waals surface area contributed by atoms with E-state index in [0.29, 0.717) is 5.56 Å². The second-order valence-electron chi connectivity index (χ2n) is 7.27. The maximum Gasteiger partial charge on any atom is 0.338 e. The van der Waals surface area contributed by atoms with Gasteiger partial charge in [0.2, 0.25) is 0 Å². The quantitative estimate of drug-likeness (QED) is 0.264. The molecule has 32 heavy (non-hydrogen) atoms. The molecule has 0 N–H and O–H groups in total. The number of rotatable bonds is 6. The number of ether oxygens (including phenoxy) is 1. The normalized spacial score (nSPS) is 10.8. The number of carbonyl (C=O) groups excluding carboxylic acids is 1. The van der Waals surface area contributed by atoms with Gasteiger partial charge in [-0.1, -0.05) is 70.5 Å². The van der Waals surface area contributed by atoms with Crippen molar-refractivity contribution < 1.29 is 26.5 Å². The smallest absolute Gasteiger partial charge is 0.338 e. The Labute approximate surface area is 208 Å². The van der Waals surface area contributed by atoms with Gasteiger partial charge in [0.1, 0.15) is 23.2 Å². The first-order valence-corrected chi connectivity index (χ1v) is 12.8. The van der Waals surface area contributed by atoms with Gasteiger partial charge in [-0.05, 0) is 54.6 Å². The van der Waals surface area contributed by atoms with E-state index in [9.17, 15) is 4.79 Å². The van der Waals surface area contributed by atoms with Gasteiger partial charge in [0, 0.05) is 10.0 Å². The van der Waals surface area contributed by atoms with Crippen LogP contribution in [0, 0.1) is 0 Å². The van der Waals surface area contributed by atoms with E-state index in [-0.39, 0.29) is 23.0 Å². The minimum Gasteiger partial charge on any atom is -1.00 e. The molecular formula is C27H23Br2O2P. The van der Waals surface area contributed by atoms with E-state index in [1.165, 1.54) is 23.0 Å². The summed E-state index contributed by atoms with van der Waals surface area (Å²) in [6, 6.07) is 37.8. The van der Waals surface area contributed by atoms with Crippen molar-refractivity contribution in [3.05, 3.63) is 125 Å². The molecule has 4 aromatic carbocycles. The first kappa shape index (κ1) is 24.4. The van der Waals surface area contributed by atoms with Crippen LogP contribution in [-0.2, 0) is 10.9 Å². The highest BCUT2D eigenvalue weighted by atomic mass is 79.9. The lowest BCUT2D eigenvalue weighted by Crippen LogP contribution is -3.00. The molecule has 0 saturated heterocycles. The number of hydrogen-bond acceptors (Lipinski definition) is 2. The topological polar surface area (TPSA) is 26.3 Å². The Hall–Kier alpha value is -2.26. The van der Waals surface area contributed by atoms with Gasteiger partial charge in [0.25, 0.3) is 0 Å². The molecule has 0 radical (unpaired) electrons. The molecule has 0 saturated carbocycles. The molecule has 4 aromatic rings. The Morgan fingerprint density at radius 1 is 0.750 bits per heavy atom. The Kier molecular flexibility index (Phi) is 8.42. The van der Waals surface area contributed by atoms with Gasteiger partial charge in [0.05, 0.1) is 18.8 Å². The molecule has 0 aliphatic carbocycles. The molecule has 0 spiro atoms. The summed E-state index contributed by atoms with van der Waals surface area (Å²) in [6.07, 6.45) is 0.717. The first-order chi connectivity index (χ1) is 15.1. The highest BCUT2D eigenvalue weighted by Crippen LogP contribution is 2.58. The lowest BCUT2D eigenvalue weighted by atomic mass is 10.1. The number of hydrogen-bond donors (Lipinski definition) is 0. The lowest BCUT2D eigenvalue weighted by Gasteiger charge is -2.28. The number of halogens is 2. The summed E-state index contributed by atoms with van der Waals surface area (Å²) in [5.41, 5.74) is 1.59. The molecule has 0 unspecified atom stereocenters. The van der Waals surface area contributed by atoms with Crippen molar-refractivity contribution >= 4 is 45.1 Å². The third-order valence-electron chi connectivity index (χ3n) is 5.47. The second-order valence-corrected chi connectivity index (χ2v) is 11.7. The van der Waals surface area contributed by atoms with Crippen molar-refractivity contribution in [2.24, 2.45) is 0 Å². The highest BCUT2D eigenvalue weighted by Gasteiger charge is 2.46. The number of methoxy groups -OCH3 is 1. The molecule has 5 heteroatoms. The summed E-state index contributed by atoms with van der Waals surface area (Å²) in [5, 5.41) is 3.84. The van der Waals surface area contributed by atoms with Crippen LogP contribution >= 0.6 is 23.2 Å². The van der Waals surface area contributed by atoms with Crippen LogP contribution < -0.4 is 32.9 Å². The van der Waals surface area contributed by atoms with Crippen LogP contribution in [0.4, 0.5) is 0 Å². The van der Waals surface area contributed by atoms with Gasteiger partial charge >= 0.3 is 5.97 Å². The molecule has 0 aliphatic rings. The number of benzene rings is 4. The van der Waals surface area contributed by atoms with Crippen molar-refractivity contribution in [2.75, 3.05) is 7.11 Å². The van der Waals surface area contributed by atoms with Crippen LogP contribution in [0.2, 0.25) is 0 Å². The first-order valence-electron chi connectivity index (χ1n) is 10.1. The predicted molar refractivity (Wildman–Crippen MR) is 134 cm³/mol. The summed E-state index contributed by atoms with van der Waals surface area (Å²) >= 11 is 3.60. The minimum absolute atomic E-state index is 0. The van der Waals surface area contributed by atoms with Gasteiger partial charge in [-0.25, -0.2) is 4.79 Å². The van der Waals surface area contributed by atoms with Crippen LogP contribution in [0.5, 0.6) is 0 Å². The molecule has 0 aliphatic heterocycles. The van der Waals surface area contributed by atoms with Gasteiger partial charge in [-0.15, -0.1) is 0 Å². The van der Waals surface area contributed by atoms with Gasteiger partial charge in [0.15, 0.2) is 0 Å². The van der Waals surface area contributed by atoms with Crippen LogP contribution in [0.25, 0.3) is 0 Å². The maximum atomic E-state index is 12.6. The number of carbonyl (C=O) groups is 1. The van der Waals surface area contributed by atoms with E-state index in [1.807, 2.05) is 30.3 Å². The predicted octanol–water partition coefficient (Wildman–Crippen LogP) is 2.73. The van der Waals surface area contributed by atoms with Gasteiger partial charge < -0.3 is 21.7 Å². The minimum atomic E-state index is -2.10. The van der Waals surface area contributed by atoms with Gasteiger partial charge in [-0.2, -0.15) is 0 Å². The molecule has 0 fully saturated rings. The molecule has 0 amide bonds. The molecule has 0 heterocycles. The van der Waals surface area contributed by atoms with E-state index in [4.69, 9.17) is 4.74 Å². The Morgan fingerprint density at radius 3 is 1.59 bits per heavy atom. The van der Waals surface area contributed by atoms with E-state index in [1.54, 1.807) is 0 Å². The van der Waals surface area contributed by atoms with Crippen LogP contribution in [-0.4, -0.2) is 13.1 Å². The monoisotopic (exact) mass is 568 g/mol. The fourth-order valence-electron chi connectivity index (χ4n) is 4.03. The fraction of sp³-hybridized carbons (Fsp3) is 0.0741. The summed E-state index contributed by atoms with van der Waals surface area (Å²) in [6.45, 7) is 0. The lowest BCUT2D eigenvalue weighted by molar-refractivity contribution is -0.0000207. The van der Waals surface area contributed by atoms with Crippen LogP contribution in [0.15, 0.2) is 114 Å². The summed E-state index contributed by atoms with van der Waals surface area (Å²) in [7, 11) is -0.668. The average Bonchev–Trinajstić information content (AvgIpc) is 2.84. The Bertz CT molecular complexity index is 1070. The maximum absolute atomic E-state index is 12.6. The molecular weight excluding hydrogens is 547 g/mol. The SMILES string of the molecule is COC(=O)c1ccc(Br)cc1C[P+](c1ccccc1)(c1ccccc1)c1ccccc1.[Br-]. The zero-order chi connectivity index (χ0) is 21.7. The molecule has 0 atom stereocenters. The van der Waals surface area contributed by atoms with E-state index in [2.05, 4.69) is 94.8 Å². The van der Waals surface area contributed by atoms with Crippen molar-refractivity contribution in [3.63, 3.8) is 0 Å². The molecule has 2 nitrogen and oxygen atoms in total. The van der Waals surface area contributed by atoms with Crippen molar-refractivity contribution in [3.8, 4) is 0 Å².